The highest BCUT2D eigenvalue weighted by atomic mass is 35.5. The number of aryl methyl sites for hydroxylation is 1. The van der Waals surface area contributed by atoms with Crippen molar-refractivity contribution < 1.29 is 4.79 Å². The Labute approximate surface area is 122 Å². The summed E-state index contributed by atoms with van der Waals surface area (Å²) in [7, 11) is 0. The molecule has 2 aromatic rings. The number of nitrogens with one attached hydrogen (secondary N) is 1. The van der Waals surface area contributed by atoms with Crippen LogP contribution in [0.4, 0.5) is 17.1 Å². The molecule has 0 spiro atoms. The molecule has 0 atom stereocenters. The van der Waals surface area contributed by atoms with Crippen molar-refractivity contribution in [1.82, 2.24) is 9.78 Å². The molecule has 1 aromatic heterocycles. The normalized spacial score (nSPS) is 13.2. The summed E-state index contributed by atoms with van der Waals surface area (Å²) in [5.41, 5.74) is 3.52. The number of halogens is 1. The van der Waals surface area contributed by atoms with E-state index >= 15 is 0 Å². The van der Waals surface area contributed by atoms with Crippen LogP contribution in [0.2, 0.25) is 0 Å². The highest BCUT2D eigenvalue weighted by Gasteiger charge is 2.27. The molecule has 3 rings (SSSR count). The number of amides is 1. The zero-order valence-electron chi connectivity index (χ0n) is 11.1. The molecule has 0 fully saturated rings. The third-order valence-electron chi connectivity index (χ3n) is 3.42. The minimum Gasteiger partial charge on any atom is -0.378 e. The van der Waals surface area contributed by atoms with E-state index in [1.807, 2.05) is 35.9 Å². The molecule has 6 heteroatoms. The van der Waals surface area contributed by atoms with Crippen molar-refractivity contribution >= 4 is 34.6 Å². The smallest absolute Gasteiger partial charge is 0.246 e. The maximum absolute atomic E-state index is 12.3. The average Bonchev–Trinajstić information content (AvgIpc) is 2.81. The van der Waals surface area contributed by atoms with E-state index in [4.69, 9.17) is 11.6 Å². The Kier molecular flexibility index (Phi) is 3.36. The third-order valence-corrected chi connectivity index (χ3v) is 3.65. The van der Waals surface area contributed by atoms with Crippen LogP contribution in [0, 0.1) is 0 Å². The van der Waals surface area contributed by atoms with Gasteiger partial charge in [-0.3, -0.25) is 14.4 Å². The first-order chi connectivity index (χ1) is 9.76. The number of anilines is 3. The number of aromatic nitrogens is 2. The van der Waals surface area contributed by atoms with Gasteiger partial charge in [-0.05, 0) is 19.1 Å². The van der Waals surface area contributed by atoms with E-state index in [0.717, 1.165) is 29.3 Å². The van der Waals surface area contributed by atoms with Crippen LogP contribution < -0.4 is 10.2 Å². The van der Waals surface area contributed by atoms with Gasteiger partial charge < -0.3 is 5.32 Å². The molecule has 0 aliphatic carbocycles. The monoisotopic (exact) mass is 290 g/mol. The van der Waals surface area contributed by atoms with Gasteiger partial charge in [-0.1, -0.05) is 12.1 Å². The molecule has 0 unspecified atom stereocenters. The molecule has 104 valence electrons. The van der Waals surface area contributed by atoms with Crippen LogP contribution in [0.3, 0.4) is 0 Å². The van der Waals surface area contributed by atoms with E-state index in [0.29, 0.717) is 6.54 Å². The SMILES string of the molecule is CCn1ncc2c1CNc1ccccc1N2C(=O)CCl. The second-order valence-electron chi connectivity index (χ2n) is 4.53. The van der Waals surface area contributed by atoms with Crippen LogP contribution in [0.5, 0.6) is 0 Å². The lowest BCUT2D eigenvalue weighted by molar-refractivity contribution is -0.115. The molecule has 5 nitrogen and oxygen atoms in total. The van der Waals surface area contributed by atoms with Gasteiger partial charge in [0, 0.05) is 6.54 Å². The molecular weight excluding hydrogens is 276 g/mol. The first-order valence-corrected chi connectivity index (χ1v) is 7.06. The predicted molar refractivity (Wildman–Crippen MR) is 79.5 cm³/mol. The van der Waals surface area contributed by atoms with E-state index in [1.165, 1.54) is 0 Å². The summed E-state index contributed by atoms with van der Waals surface area (Å²) in [4.78, 5) is 13.9. The van der Waals surface area contributed by atoms with E-state index in [2.05, 4.69) is 10.4 Å². The number of nitrogens with zero attached hydrogens (tertiary/aromatic N) is 3. The Morgan fingerprint density at radius 1 is 1.40 bits per heavy atom. The summed E-state index contributed by atoms with van der Waals surface area (Å²) in [6.07, 6.45) is 1.73. The molecule has 1 aliphatic rings. The van der Waals surface area contributed by atoms with Crippen LogP contribution in [0.15, 0.2) is 30.5 Å². The molecule has 1 aliphatic heterocycles. The first kappa shape index (κ1) is 13.0. The van der Waals surface area contributed by atoms with Gasteiger partial charge in [0.25, 0.3) is 0 Å². The lowest BCUT2D eigenvalue weighted by Gasteiger charge is -2.21. The molecule has 0 bridgehead atoms. The summed E-state index contributed by atoms with van der Waals surface area (Å²) in [5, 5.41) is 7.69. The van der Waals surface area contributed by atoms with Crippen molar-refractivity contribution in [2.75, 3.05) is 16.1 Å². The number of carbonyl (C=O) groups is 1. The van der Waals surface area contributed by atoms with Gasteiger partial charge in [-0.15, -0.1) is 11.6 Å². The zero-order chi connectivity index (χ0) is 14.1. The average molecular weight is 291 g/mol. The van der Waals surface area contributed by atoms with Crippen LogP contribution in [-0.4, -0.2) is 21.6 Å². The lowest BCUT2D eigenvalue weighted by Crippen LogP contribution is -2.27. The van der Waals surface area contributed by atoms with Crippen molar-refractivity contribution in [3.05, 3.63) is 36.2 Å². The molecule has 0 radical (unpaired) electrons. The maximum Gasteiger partial charge on any atom is 0.246 e. The molecule has 20 heavy (non-hydrogen) atoms. The predicted octanol–water partition coefficient (Wildman–Crippen LogP) is 2.73. The zero-order valence-corrected chi connectivity index (χ0v) is 11.9. The number of hydrogen-bond donors (Lipinski definition) is 1. The fourth-order valence-corrected chi connectivity index (χ4v) is 2.62. The van der Waals surface area contributed by atoms with E-state index < -0.39 is 0 Å². The minimum atomic E-state index is -0.153. The highest BCUT2D eigenvalue weighted by Crippen LogP contribution is 2.37. The van der Waals surface area contributed by atoms with E-state index in [9.17, 15) is 4.79 Å². The van der Waals surface area contributed by atoms with Crippen molar-refractivity contribution in [3.63, 3.8) is 0 Å². The molecular formula is C14H15ClN4O. The third kappa shape index (κ3) is 1.94. The number of para-hydroxylation sites is 2. The molecule has 2 heterocycles. The Hall–Kier alpha value is -2.01. The Morgan fingerprint density at radius 3 is 2.95 bits per heavy atom. The fraction of sp³-hybridized carbons (Fsp3) is 0.286. The quantitative estimate of drug-likeness (QED) is 0.865. The van der Waals surface area contributed by atoms with E-state index in [1.54, 1.807) is 11.1 Å². The Bertz CT molecular complexity index is 652. The van der Waals surface area contributed by atoms with Crippen LogP contribution >= 0.6 is 11.6 Å². The number of hydrogen-bond acceptors (Lipinski definition) is 3. The van der Waals surface area contributed by atoms with Crippen molar-refractivity contribution in [3.8, 4) is 0 Å². The molecule has 0 saturated heterocycles. The van der Waals surface area contributed by atoms with Crippen molar-refractivity contribution in [2.45, 2.75) is 20.0 Å². The summed E-state index contributed by atoms with van der Waals surface area (Å²) in [5.74, 6) is -0.217. The lowest BCUT2D eigenvalue weighted by atomic mass is 10.2. The molecule has 1 aromatic carbocycles. The first-order valence-electron chi connectivity index (χ1n) is 6.52. The molecule has 0 saturated carbocycles. The van der Waals surface area contributed by atoms with E-state index in [-0.39, 0.29) is 11.8 Å². The van der Waals surface area contributed by atoms with Crippen LogP contribution in [0.25, 0.3) is 0 Å². The number of rotatable bonds is 2. The van der Waals surface area contributed by atoms with Crippen molar-refractivity contribution in [1.29, 1.82) is 0 Å². The number of alkyl halides is 1. The fourth-order valence-electron chi connectivity index (χ4n) is 2.50. The Balaban J connectivity index is 2.20. The maximum atomic E-state index is 12.3. The van der Waals surface area contributed by atoms with Gasteiger partial charge in [0.15, 0.2) is 0 Å². The second-order valence-corrected chi connectivity index (χ2v) is 4.79. The van der Waals surface area contributed by atoms with Crippen LogP contribution in [-0.2, 0) is 17.9 Å². The van der Waals surface area contributed by atoms with Gasteiger partial charge in [0.1, 0.15) is 5.88 Å². The minimum absolute atomic E-state index is 0.0644. The summed E-state index contributed by atoms with van der Waals surface area (Å²) in [6.45, 7) is 3.42. The summed E-state index contributed by atoms with van der Waals surface area (Å²) in [6, 6.07) is 7.71. The summed E-state index contributed by atoms with van der Waals surface area (Å²) >= 11 is 5.77. The number of fused-ring (bicyclic) bond motifs is 2. The topological polar surface area (TPSA) is 50.2 Å². The van der Waals surface area contributed by atoms with Gasteiger partial charge in [-0.2, -0.15) is 5.10 Å². The standard InChI is InChI=1S/C14H15ClN4O/c1-2-18-12-8-16-10-5-3-4-6-11(10)19(14(20)7-15)13(12)9-17-18/h3-6,9,16H,2,7-8H2,1H3. The largest absolute Gasteiger partial charge is 0.378 e. The van der Waals surface area contributed by atoms with Gasteiger partial charge in [0.05, 0.1) is 35.5 Å². The highest BCUT2D eigenvalue weighted by molar-refractivity contribution is 6.30. The number of carbonyl (C=O) groups excluding carboxylic acids is 1. The Morgan fingerprint density at radius 2 is 2.20 bits per heavy atom. The van der Waals surface area contributed by atoms with Gasteiger partial charge >= 0.3 is 0 Å². The summed E-state index contributed by atoms with van der Waals surface area (Å²) < 4.78 is 1.89. The number of benzene rings is 1. The van der Waals surface area contributed by atoms with Gasteiger partial charge in [-0.25, -0.2) is 0 Å². The van der Waals surface area contributed by atoms with Crippen LogP contribution in [0.1, 0.15) is 12.6 Å². The second kappa shape index (κ2) is 5.17. The molecule has 1 N–H and O–H groups in total. The van der Waals surface area contributed by atoms with Crippen molar-refractivity contribution in [2.24, 2.45) is 0 Å². The molecule has 1 amide bonds. The van der Waals surface area contributed by atoms with Gasteiger partial charge in [0.2, 0.25) is 5.91 Å².